The lowest BCUT2D eigenvalue weighted by Gasteiger charge is -2.25. The summed E-state index contributed by atoms with van der Waals surface area (Å²) >= 11 is 0. The van der Waals surface area contributed by atoms with E-state index in [0.29, 0.717) is 37.7 Å². The highest BCUT2D eigenvalue weighted by molar-refractivity contribution is 5.75. The molecule has 0 amide bonds. The Kier molecular flexibility index (Phi) is 9.09. The van der Waals surface area contributed by atoms with E-state index in [1.54, 1.807) is 6.92 Å². The van der Waals surface area contributed by atoms with Crippen molar-refractivity contribution in [2.75, 3.05) is 19.8 Å². The van der Waals surface area contributed by atoms with E-state index in [2.05, 4.69) is 13.0 Å². The molecule has 0 bridgehead atoms. The van der Waals surface area contributed by atoms with Crippen molar-refractivity contribution in [2.24, 2.45) is 0 Å². The van der Waals surface area contributed by atoms with Crippen LogP contribution in [0.5, 0.6) is 28.7 Å². The molecule has 0 N–H and O–H groups in total. The molecule has 36 heavy (non-hydrogen) atoms. The largest absolute Gasteiger partial charge is 0.493 e. The highest BCUT2D eigenvalue weighted by Gasteiger charge is 2.27. The lowest BCUT2D eigenvalue weighted by molar-refractivity contribution is -0.152. The molecule has 0 aliphatic carbocycles. The number of fused-ring (bicyclic) bond motifs is 1. The molecule has 190 valence electrons. The maximum absolute atomic E-state index is 12.0. The zero-order chi connectivity index (χ0) is 25.2. The van der Waals surface area contributed by atoms with Crippen LogP contribution in [0.4, 0.5) is 0 Å². The SMILES string of the molecule is CCCc1cc(Oc2ccccc2)ccc1OCCCOc1ccc2c(c1)OC(C(=O)OCC)CC2. The average Bonchev–Trinajstić information content (AvgIpc) is 2.90. The van der Waals surface area contributed by atoms with Gasteiger partial charge in [0.1, 0.15) is 28.7 Å². The van der Waals surface area contributed by atoms with Crippen LogP contribution in [-0.4, -0.2) is 31.9 Å². The molecule has 0 spiro atoms. The number of ether oxygens (including phenoxy) is 5. The van der Waals surface area contributed by atoms with Gasteiger partial charge in [0.2, 0.25) is 0 Å². The Morgan fingerprint density at radius 2 is 1.72 bits per heavy atom. The summed E-state index contributed by atoms with van der Waals surface area (Å²) in [5.41, 5.74) is 2.21. The predicted octanol–water partition coefficient (Wildman–Crippen LogP) is 6.54. The van der Waals surface area contributed by atoms with Crippen molar-refractivity contribution in [3.63, 3.8) is 0 Å². The minimum Gasteiger partial charge on any atom is -0.493 e. The van der Waals surface area contributed by atoms with Gasteiger partial charge in [0.15, 0.2) is 6.10 Å². The van der Waals surface area contributed by atoms with Gasteiger partial charge in [-0.1, -0.05) is 37.6 Å². The number of benzene rings is 3. The summed E-state index contributed by atoms with van der Waals surface area (Å²) in [6, 6.07) is 21.5. The lowest BCUT2D eigenvalue weighted by atomic mass is 10.0. The second-order valence-electron chi connectivity index (χ2n) is 8.65. The van der Waals surface area contributed by atoms with Crippen molar-refractivity contribution in [3.8, 4) is 28.7 Å². The van der Waals surface area contributed by atoms with E-state index in [1.165, 1.54) is 0 Å². The number of carbonyl (C=O) groups is 1. The minimum atomic E-state index is -0.553. The van der Waals surface area contributed by atoms with E-state index in [9.17, 15) is 4.79 Å². The molecule has 1 aliphatic rings. The molecule has 0 saturated heterocycles. The van der Waals surface area contributed by atoms with E-state index < -0.39 is 6.10 Å². The molecular weight excluding hydrogens is 456 g/mol. The summed E-state index contributed by atoms with van der Waals surface area (Å²) in [4.78, 5) is 12.0. The number of carbonyl (C=O) groups excluding carboxylic acids is 1. The molecule has 1 unspecified atom stereocenters. The molecule has 3 aromatic rings. The van der Waals surface area contributed by atoms with Gasteiger partial charge in [0, 0.05) is 12.5 Å². The minimum absolute atomic E-state index is 0.311. The smallest absolute Gasteiger partial charge is 0.347 e. The molecule has 0 saturated carbocycles. The molecule has 1 aliphatic heterocycles. The third kappa shape index (κ3) is 6.94. The molecule has 0 aromatic heterocycles. The van der Waals surface area contributed by atoms with Gasteiger partial charge in [-0.15, -0.1) is 0 Å². The molecule has 4 rings (SSSR count). The third-order valence-corrected chi connectivity index (χ3v) is 5.88. The summed E-state index contributed by atoms with van der Waals surface area (Å²) in [6.07, 6.45) is 3.52. The van der Waals surface area contributed by atoms with Crippen LogP contribution in [-0.2, 0) is 22.4 Å². The van der Waals surface area contributed by atoms with Gasteiger partial charge in [0.25, 0.3) is 0 Å². The second-order valence-corrected chi connectivity index (χ2v) is 8.65. The third-order valence-electron chi connectivity index (χ3n) is 5.88. The molecule has 0 fully saturated rings. The molecule has 3 aromatic carbocycles. The number of rotatable bonds is 12. The Morgan fingerprint density at radius 3 is 2.53 bits per heavy atom. The summed E-state index contributed by atoms with van der Waals surface area (Å²) < 4.78 is 28.9. The molecule has 1 heterocycles. The second kappa shape index (κ2) is 12.9. The summed E-state index contributed by atoms with van der Waals surface area (Å²) in [6.45, 7) is 5.35. The zero-order valence-corrected chi connectivity index (χ0v) is 21.0. The van der Waals surface area contributed by atoms with Crippen molar-refractivity contribution in [1.29, 1.82) is 0 Å². The fraction of sp³-hybridized carbons (Fsp3) is 0.367. The Bertz CT molecular complexity index is 1130. The first-order valence-electron chi connectivity index (χ1n) is 12.7. The standard InChI is InChI=1S/C30H34O6/c1-3-9-23-20-26(35-24-10-6-5-7-11-24)15-17-27(23)34-19-8-18-33-25-14-12-22-13-16-28(30(31)32-4-2)36-29(22)21-25/h5-7,10-12,14-15,17,20-21,28H,3-4,8-9,13,16,18-19H2,1-2H3. The van der Waals surface area contributed by atoms with Crippen LogP contribution in [0.1, 0.15) is 44.2 Å². The quantitative estimate of drug-likeness (QED) is 0.212. The van der Waals surface area contributed by atoms with Crippen molar-refractivity contribution >= 4 is 5.97 Å². The highest BCUT2D eigenvalue weighted by atomic mass is 16.6. The zero-order valence-electron chi connectivity index (χ0n) is 21.0. The van der Waals surface area contributed by atoms with E-state index in [-0.39, 0.29) is 5.97 Å². The van der Waals surface area contributed by atoms with E-state index in [1.807, 2.05) is 60.7 Å². The van der Waals surface area contributed by atoms with Crippen LogP contribution in [0.25, 0.3) is 0 Å². The summed E-state index contributed by atoms with van der Waals surface area (Å²) in [5, 5.41) is 0. The van der Waals surface area contributed by atoms with Gasteiger partial charge >= 0.3 is 5.97 Å². The van der Waals surface area contributed by atoms with Crippen molar-refractivity contribution < 1.29 is 28.5 Å². The number of aryl methyl sites for hydroxylation is 2. The first-order valence-corrected chi connectivity index (χ1v) is 12.7. The van der Waals surface area contributed by atoms with E-state index >= 15 is 0 Å². The Hall–Kier alpha value is -3.67. The van der Waals surface area contributed by atoms with Crippen molar-refractivity contribution in [3.05, 3.63) is 77.9 Å². The summed E-state index contributed by atoms with van der Waals surface area (Å²) in [7, 11) is 0. The molecule has 6 heteroatoms. The van der Waals surface area contributed by atoms with E-state index in [0.717, 1.165) is 54.1 Å². The maximum atomic E-state index is 12.0. The predicted molar refractivity (Wildman–Crippen MR) is 138 cm³/mol. The fourth-order valence-corrected chi connectivity index (χ4v) is 4.12. The molecule has 0 radical (unpaired) electrons. The van der Waals surface area contributed by atoms with Gasteiger partial charge in [-0.25, -0.2) is 4.79 Å². The number of para-hydroxylation sites is 1. The summed E-state index contributed by atoms with van der Waals surface area (Å²) in [5.74, 6) is 3.59. The fourth-order valence-electron chi connectivity index (χ4n) is 4.12. The average molecular weight is 491 g/mol. The molecule has 1 atom stereocenters. The van der Waals surface area contributed by atoms with Gasteiger partial charge in [-0.3, -0.25) is 0 Å². The number of esters is 1. The number of hydrogen-bond donors (Lipinski definition) is 0. The Labute approximate surface area is 213 Å². The van der Waals surface area contributed by atoms with E-state index in [4.69, 9.17) is 23.7 Å². The highest BCUT2D eigenvalue weighted by Crippen LogP contribution is 2.32. The Balaban J connectivity index is 1.26. The lowest BCUT2D eigenvalue weighted by Crippen LogP contribution is -2.32. The van der Waals surface area contributed by atoms with Gasteiger partial charge in [0.05, 0.1) is 19.8 Å². The van der Waals surface area contributed by atoms with Crippen molar-refractivity contribution in [1.82, 2.24) is 0 Å². The van der Waals surface area contributed by atoms with Crippen LogP contribution >= 0.6 is 0 Å². The van der Waals surface area contributed by atoms with Gasteiger partial charge in [-0.2, -0.15) is 0 Å². The van der Waals surface area contributed by atoms with Crippen LogP contribution in [0.2, 0.25) is 0 Å². The maximum Gasteiger partial charge on any atom is 0.347 e. The van der Waals surface area contributed by atoms with Crippen LogP contribution in [0.3, 0.4) is 0 Å². The Morgan fingerprint density at radius 1 is 0.917 bits per heavy atom. The van der Waals surface area contributed by atoms with Gasteiger partial charge in [-0.05, 0) is 73.7 Å². The van der Waals surface area contributed by atoms with Crippen LogP contribution in [0, 0.1) is 0 Å². The molecular formula is C30H34O6. The van der Waals surface area contributed by atoms with Crippen LogP contribution in [0.15, 0.2) is 66.7 Å². The van der Waals surface area contributed by atoms with Crippen molar-refractivity contribution in [2.45, 2.75) is 52.1 Å². The monoisotopic (exact) mass is 490 g/mol. The molecule has 6 nitrogen and oxygen atoms in total. The topological polar surface area (TPSA) is 63.2 Å². The van der Waals surface area contributed by atoms with Crippen LogP contribution < -0.4 is 18.9 Å². The van der Waals surface area contributed by atoms with Gasteiger partial charge < -0.3 is 23.7 Å². The normalized spacial score (nSPS) is 14.3. The first kappa shape index (κ1) is 25.4. The first-order chi connectivity index (χ1) is 17.7. The number of hydrogen-bond acceptors (Lipinski definition) is 6.